The fraction of sp³-hybridized carbons (Fsp3) is 0.833. The van der Waals surface area contributed by atoms with Crippen LogP contribution in [0, 0.1) is 5.92 Å². The van der Waals surface area contributed by atoms with Crippen molar-refractivity contribution in [3.63, 3.8) is 0 Å². The number of hydrogen-bond acceptors (Lipinski definition) is 4. The molecule has 17 heavy (non-hydrogen) atoms. The van der Waals surface area contributed by atoms with Crippen molar-refractivity contribution >= 4 is 11.9 Å². The second-order valence-electron chi connectivity index (χ2n) is 5.21. The zero-order chi connectivity index (χ0) is 12.9. The van der Waals surface area contributed by atoms with Crippen LogP contribution in [-0.2, 0) is 14.3 Å². The van der Waals surface area contributed by atoms with Gasteiger partial charge in [-0.2, -0.15) is 0 Å². The normalized spacial score (nSPS) is 17.6. The van der Waals surface area contributed by atoms with E-state index in [0.29, 0.717) is 13.2 Å². The predicted molar refractivity (Wildman–Crippen MR) is 62.8 cm³/mol. The molecule has 0 bridgehead atoms. The summed E-state index contributed by atoms with van der Waals surface area (Å²) in [7, 11) is 0. The van der Waals surface area contributed by atoms with Gasteiger partial charge in [0.1, 0.15) is 5.60 Å². The Balaban J connectivity index is 2.25. The summed E-state index contributed by atoms with van der Waals surface area (Å²) in [6.45, 7) is 6.65. The Morgan fingerprint density at radius 3 is 2.41 bits per heavy atom. The number of carbonyl (C=O) groups is 2. The first-order chi connectivity index (χ1) is 7.88. The third-order valence-electron chi connectivity index (χ3n) is 2.48. The Bertz CT molecular complexity index is 277. The molecule has 1 heterocycles. The second-order valence-corrected chi connectivity index (χ2v) is 5.21. The van der Waals surface area contributed by atoms with Gasteiger partial charge in [-0.15, -0.1) is 0 Å². The van der Waals surface area contributed by atoms with Crippen LogP contribution in [0.5, 0.6) is 0 Å². The van der Waals surface area contributed by atoms with Crippen molar-refractivity contribution in [2.75, 3.05) is 19.8 Å². The molecule has 1 amide bonds. The highest BCUT2D eigenvalue weighted by atomic mass is 16.6. The number of hydrogen-bond donors (Lipinski definition) is 1. The molecular formula is C12H21NO4. The summed E-state index contributed by atoms with van der Waals surface area (Å²) < 4.78 is 10.2. The summed E-state index contributed by atoms with van der Waals surface area (Å²) in [5.41, 5.74) is -0.536. The molecule has 5 heteroatoms. The maximum Gasteiger partial charge on any atom is 0.408 e. The molecule has 5 nitrogen and oxygen atoms in total. The van der Waals surface area contributed by atoms with E-state index in [1.54, 1.807) is 20.8 Å². The van der Waals surface area contributed by atoms with Crippen molar-refractivity contribution in [1.29, 1.82) is 0 Å². The molecule has 1 fully saturated rings. The van der Waals surface area contributed by atoms with Gasteiger partial charge in [-0.05, 0) is 33.6 Å². The average molecular weight is 243 g/mol. The smallest absolute Gasteiger partial charge is 0.408 e. The number of ether oxygens (including phenoxy) is 2. The third-order valence-corrected chi connectivity index (χ3v) is 2.48. The van der Waals surface area contributed by atoms with Crippen LogP contribution in [0.4, 0.5) is 4.79 Å². The lowest BCUT2D eigenvalue weighted by Gasteiger charge is -2.22. The van der Waals surface area contributed by atoms with E-state index >= 15 is 0 Å². The Morgan fingerprint density at radius 1 is 1.29 bits per heavy atom. The molecule has 0 unspecified atom stereocenters. The van der Waals surface area contributed by atoms with Crippen LogP contribution in [0.25, 0.3) is 0 Å². The van der Waals surface area contributed by atoms with E-state index in [1.165, 1.54) is 0 Å². The highest BCUT2D eigenvalue weighted by Crippen LogP contribution is 2.15. The Morgan fingerprint density at radius 2 is 1.88 bits per heavy atom. The van der Waals surface area contributed by atoms with E-state index in [1.807, 2.05) is 0 Å². The van der Waals surface area contributed by atoms with Crippen molar-refractivity contribution in [1.82, 2.24) is 5.32 Å². The summed E-state index contributed by atoms with van der Waals surface area (Å²) in [5.74, 6) is 0.0674. The zero-order valence-corrected chi connectivity index (χ0v) is 10.7. The highest BCUT2D eigenvalue weighted by molar-refractivity contribution is 5.86. The molecule has 0 atom stereocenters. The summed E-state index contributed by atoms with van der Waals surface area (Å²) >= 11 is 0. The van der Waals surface area contributed by atoms with Gasteiger partial charge in [-0.1, -0.05) is 0 Å². The van der Waals surface area contributed by atoms with Crippen molar-refractivity contribution in [3.8, 4) is 0 Å². The molecule has 1 N–H and O–H groups in total. The lowest BCUT2D eigenvalue weighted by molar-refractivity contribution is -0.124. The lowest BCUT2D eigenvalue weighted by atomic mass is 9.95. The van der Waals surface area contributed by atoms with Gasteiger partial charge in [0.05, 0.1) is 6.54 Å². The van der Waals surface area contributed by atoms with Crippen molar-refractivity contribution in [3.05, 3.63) is 0 Å². The number of carbonyl (C=O) groups excluding carboxylic acids is 2. The van der Waals surface area contributed by atoms with E-state index in [4.69, 9.17) is 9.47 Å². The molecule has 0 spiro atoms. The van der Waals surface area contributed by atoms with Crippen LogP contribution in [-0.4, -0.2) is 37.2 Å². The largest absolute Gasteiger partial charge is 0.444 e. The van der Waals surface area contributed by atoms with E-state index in [-0.39, 0.29) is 18.2 Å². The molecule has 0 aromatic heterocycles. The van der Waals surface area contributed by atoms with Gasteiger partial charge in [-0.25, -0.2) is 4.79 Å². The fourth-order valence-electron chi connectivity index (χ4n) is 1.64. The lowest BCUT2D eigenvalue weighted by Crippen LogP contribution is -2.38. The SMILES string of the molecule is CC(C)(C)OC(=O)NCC(=O)C1CCOCC1. The number of alkyl carbamates (subject to hydrolysis) is 1. The molecule has 1 rings (SSSR count). The summed E-state index contributed by atoms with van der Waals surface area (Å²) in [6.07, 6.45) is 0.946. The van der Waals surface area contributed by atoms with Gasteiger partial charge < -0.3 is 14.8 Å². The minimum Gasteiger partial charge on any atom is -0.444 e. The van der Waals surface area contributed by atoms with Crippen LogP contribution in [0.15, 0.2) is 0 Å². The average Bonchev–Trinajstić information content (AvgIpc) is 2.25. The maximum absolute atomic E-state index is 11.7. The topological polar surface area (TPSA) is 64.6 Å². The van der Waals surface area contributed by atoms with Gasteiger partial charge in [0.15, 0.2) is 5.78 Å². The van der Waals surface area contributed by atoms with Crippen LogP contribution < -0.4 is 5.32 Å². The first-order valence-electron chi connectivity index (χ1n) is 5.96. The number of Topliss-reactive ketones (excluding diaryl/α,β-unsaturated/α-hetero) is 1. The van der Waals surface area contributed by atoms with Crippen molar-refractivity contribution < 1.29 is 19.1 Å². The maximum atomic E-state index is 11.7. The van der Waals surface area contributed by atoms with Crippen molar-refractivity contribution in [2.24, 2.45) is 5.92 Å². The molecule has 0 saturated carbocycles. The number of rotatable bonds is 3. The van der Waals surface area contributed by atoms with Crippen LogP contribution in [0.3, 0.4) is 0 Å². The fourth-order valence-corrected chi connectivity index (χ4v) is 1.64. The van der Waals surface area contributed by atoms with E-state index < -0.39 is 11.7 Å². The number of ketones is 1. The van der Waals surface area contributed by atoms with E-state index in [0.717, 1.165) is 12.8 Å². The van der Waals surface area contributed by atoms with Gasteiger partial charge in [0, 0.05) is 19.1 Å². The molecule has 1 saturated heterocycles. The molecular weight excluding hydrogens is 222 g/mol. The van der Waals surface area contributed by atoms with Crippen LogP contribution >= 0.6 is 0 Å². The Labute approximate surface area is 102 Å². The highest BCUT2D eigenvalue weighted by Gasteiger charge is 2.22. The molecule has 0 aromatic carbocycles. The monoisotopic (exact) mass is 243 g/mol. The molecule has 98 valence electrons. The first-order valence-corrected chi connectivity index (χ1v) is 5.96. The second kappa shape index (κ2) is 6.00. The summed E-state index contributed by atoms with van der Waals surface area (Å²) in [5, 5.41) is 2.48. The van der Waals surface area contributed by atoms with Crippen LogP contribution in [0.1, 0.15) is 33.6 Å². The van der Waals surface area contributed by atoms with Crippen molar-refractivity contribution in [2.45, 2.75) is 39.2 Å². The minimum absolute atomic E-state index is 0.0127. The predicted octanol–water partition coefficient (Wildman–Crippen LogP) is 1.51. The minimum atomic E-state index is -0.544. The van der Waals surface area contributed by atoms with E-state index in [2.05, 4.69) is 5.32 Å². The molecule has 0 radical (unpaired) electrons. The quantitative estimate of drug-likeness (QED) is 0.816. The van der Waals surface area contributed by atoms with Gasteiger partial charge in [-0.3, -0.25) is 4.79 Å². The number of amides is 1. The Kier molecular flexibility index (Phi) is 4.93. The summed E-state index contributed by atoms with van der Waals surface area (Å²) in [6, 6.07) is 0. The Hall–Kier alpha value is -1.10. The molecule has 1 aliphatic heterocycles. The van der Waals surface area contributed by atoms with Gasteiger partial charge in [0.25, 0.3) is 0 Å². The molecule has 1 aliphatic rings. The van der Waals surface area contributed by atoms with Gasteiger partial charge >= 0.3 is 6.09 Å². The first kappa shape index (κ1) is 14.0. The zero-order valence-electron chi connectivity index (χ0n) is 10.7. The number of nitrogens with one attached hydrogen (secondary N) is 1. The molecule has 0 aromatic rings. The van der Waals surface area contributed by atoms with Crippen LogP contribution in [0.2, 0.25) is 0 Å². The standard InChI is InChI=1S/C12H21NO4/c1-12(2,3)17-11(15)13-8-10(14)9-4-6-16-7-5-9/h9H,4-8H2,1-3H3,(H,13,15). The third kappa shape index (κ3) is 5.68. The molecule has 0 aliphatic carbocycles. The summed E-state index contributed by atoms with van der Waals surface area (Å²) in [4.78, 5) is 23.1. The van der Waals surface area contributed by atoms with Gasteiger partial charge in [0.2, 0.25) is 0 Å². The van der Waals surface area contributed by atoms with E-state index in [9.17, 15) is 9.59 Å².